The number of hydrogen-bond acceptors (Lipinski definition) is 4. The molecule has 6 atom stereocenters. The fourth-order valence-electron chi connectivity index (χ4n) is 5.00. The highest BCUT2D eigenvalue weighted by Gasteiger charge is 2.71. The first kappa shape index (κ1) is 13.1. The molecule has 4 heteroatoms. The van der Waals surface area contributed by atoms with Gasteiger partial charge < -0.3 is 14.2 Å². The Morgan fingerprint density at radius 3 is 2.91 bits per heavy atom. The van der Waals surface area contributed by atoms with Gasteiger partial charge in [-0.15, -0.1) is 0 Å². The third-order valence-electron chi connectivity index (χ3n) is 5.97. The summed E-state index contributed by atoms with van der Waals surface area (Å²) >= 11 is 0. The van der Waals surface area contributed by atoms with E-state index in [-0.39, 0.29) is 36.1 Å². The fourth-order valence-corrected chi connectivity index (χ4v) is 5.00. The van der Waals surface area contributed by atoms with E-state index in [4.69, 9.17) is 14.2 Å². The zero-order valence-electron chi connectivity index (χ0n) is 12.7. The highest BCUT2D eigenvalue weighted by molar-refractivity contribution is 5.90. The van der Waals surface area contributed by atoms with E-state index in [0.717, 1.165) is 25.0 Å². The molecule has 5 rings (SSSR count). The first-order valence-corrected chi connectivity index (χ1v) is 8.27. The number of ketones is 1. The first-order valence-electron chi connectivity index (χ1n) is 8.27. The van der Waals surface area contributed by atoms with E-state index < -0.39 is 5.60 Å². The lowest BCUT2D eigenvalue weighted by atomic mass is 9.81. The number of Topliss-reactive ketones (excluding diaryl/α,β-unsaturated/α-hetero) is 1. The highest BCUT2D eigenvalue weighted by atomic mass is 16.7. The summed E-state index contributed by atoms with van der Waals surface area (Å²) in [4.78, 5) is 12.5. The quantitative estimate of drug-likeness (QED) is 0.842. The topological polar surface area (TPSA) is 44.8 Å². The van der Waals surface area contributed by atoms with E-state index in [1.54, 1.807) is 0 Å². The number of carbonyl (C=O) groups excluding carboxylic acids is 1. The normalized spacial score (nSPS) is 45.1. The molecule has 0 aromatic heterocycles. The molecule has 1 aromatic carbocycles. The molecule has 2 bridgehead atoms. The van der Waals surface area contributed by atoms with Crippen molar-refractivity contribution >= 4 is 5.78 Å². The summed E-state index contributed by atoms with van der Waals surface area (Å²) in [6.07, 6.45) is 3.13. The molecule has 3 heterocycles. The highest BCUT2D eigenvalue weighted by Crippen LogP contribution is 2.60. The largest absolute Gasteiger partial charge is 0.465 e. The van der Waals surface area contributed by atoms with Crippen LogP contribution in [0.2, 0.25) is 0 Å². The Morgan fingerprint density at radius 2 is 2.09 bits per heavy atom. The van der Waals surface area contributed by atoms with Crippen molar-refractivity contribution in [1.29, 1.82) is 0 Å². The van der Waals surface area contributed by atoms with Crippen LogP contribution in [0.25, 0.3) is 0 Å². The van der Waals surface area contributed by atoms with Crippen molar-refractivity contribution in [3.63, 3.8) is 0 Å². The van der Waals surface area contributed by atoms with E-state index >= 15 is 0 Å². The van der Waals surface area contributed by atoms with Crippen LogP contribution >= 0.6 is 0 Å². The molecular formula is C18H20O4. The van der Waals surface area contributed by atoms with Gasteiger partial charge in [0.2, 0.25) is 6.29 Å². The SMILES string of the molecule is Cc1ccc(O[C@H]2O[C@@H]3CC(=O)[C@]45CCC[C@H]4[C@H]2[C@H]3O5)cc1. The van der Waals surface area contributed by atoms with Crippen LogP contribution in [0.3, 0.4) is 0 Å². The van der Waals surface area contributed by atoms with Crippen molar-refractivity contribution in [2.75, 3.05) is 0 Å². The molecule has 0 unspecified atom stereocenters. The molecule has 1 spiro atoms. The average Bonchev–Trinajstić information content (AvgIpc) is 3.10. The van der Waals surface area contributed by atoms with Crippen molar-refractivity contribution in [3.8, 4) is 5.75 Å². The number of rotatable bonds is 2. The molecule has 3 aliphatic heterocycles. The number of hydrogen-bond donors (Lipinski definition) is 0. The van der Waals surface area contributed by atoms with Gasteiger partial charge in [0.15, 0.2) is 5.78 Å². The second-order valence-corrected chi connectivity index (χ2v) is 7.15. The summed E-state index contributed by atoms with van der Waals surface area (Å²) in [5, 5.41) is 0. The summed E-state index contributed by atoms with van der Waals surface area (Å²) in [5.41, 5.74) is 0.700. The molecular weight excluding hydrogens is 280 g/mol. The van der Waals surface area contributed by atoms with Crippen LogP contribution in [0, 0.1) is 18.8 Å². The van der Waals surface area contributed by atoms with Crippen molar-refractivity contribution in [1.82, 2.24) is 0 Å². The van der Waals surface area contributed by atoms with E-state index in [1.807, 2.05) is 24.3 Å². The lowest BCUT2D eigenvalue weighted by Crippen LogP contribution is -2.49. The van der Waals surface area contributed by atoms with Crippen molar-refractivity contribution in [2.24, 2.45) is 11.8 Å². The van der Waals surface area contributed by atoms with Gasteiger partial charge in [-0.25, -0.2) is 0 Å². The van der Waals surface area contributed by atoms with Gasteiger partial charge in [-0.3, -0.25) is 4.79 Å². The average molecular weight is 300 g/mol. The van der Waals surface area contributed by atoms with Gasteiger partial charge >= 0.3 is 0 Å². The molecule has 4 aliphatic rings. The van der Waals surface area contributed by atoms with Crippen molar-refractivity contribution in [3.05, 3.63) is 29.8 Å². The number of benzene rings is 1. The lowest BCUT2D eigenvalue weighted by molar-refractivity contribution is -0.180. The minimum atomic E-state index is -0.509. The van der Waals surface area contributed by atoms with Crippen molar-refractivity contribution in [2.45, 2.75) is 56.7 Å². The maximum absolute atomic E-state index is 12.5. The van der Waals surface area contributed by atoms with Gasteiger partial charge in [-0.2, -0.15) is 0 Å². The smallest absolute Gasteiger partial charge is 0.206 e. The second-order valence-electron chi connectivity index (χ2n) is 7.15. The van der Waals surface area contributed by atoms with Crippen LogP contribution in [0.5, 0.6) is 5.75 Å². The molecule has 3 saturated heterocycles. The van der Waals surface area contributed by atoms with Crippen LogP contribution < -0.4 is 4.74 Å². The summed E-state index contributed by atoms with van der Waals surface area (Å²) in [6, 6.07) is 8.05. The molecule has 116 valence electrons. The maximum atomic E-state index is 12.5. The number of fused-ring (bicyclic) bond motifs is 1. The Hall–Kier alpha value is -1.39. The number of aryl methyl sites for hydroxylation is 1. The molecule has 4 fully saturated rings. The molecule has 1 aromatic rings. The minimum Gasteiger partial charge on any atom is -0.465 e. The molecule has 4 nitrogen and oxygen atoms in total. The van der Waals surface area contributed by atoms with Crippen LogP contribution in [0.4, 0.5) is 0 Å². The van der Waals surface area contributed by atoms with Gasteiger partial charge in [-0.05, 0) is 38.3 Å². The summed E-state index contributed by atoms with van der Waals surface area (Å²) in [5.74, 6) is 1.55. The van der Waals surface area contributed by atoms with Crippen LogP contribution in [0.1, 0.15) is 31.2 Å². The van der Waals surface area contributed by atoms with Crippen LogP contribution in [-0.2, 0) is 14.3 Å². The third-order valence-corrected chi connectivity index (χ3v) is 5.97. The molecule has 1 aliphatic carbocycles. The molecule has 22 heavy (non-hydrogen) atoms. The maximum Gasteiger partial charge on any atom is 0.206 e. The second kappa shape index (κ2) is 4.33. The Bertz CT molecular complexity index is 624. The Morgan fingerprint density at radius 1 is 1.27 bits per heavy atom. The van der Waals surface area contributed by atoms with Crippen LogP contribution in [0.15, 0.2) is 24.3 Å². The Labute approximate surface area is 129 Å². The van der Waals surface area contributed by atoms with Gasteiger partial charge in [0, 0.05) is 12.3 Å². The number of ether oxygens (including phenoxy) is 3. The third kappa shape index (κ3) is 1.57. The van der Waals surface area contributed by atoms with E-state index in [0.29, 0.717) is 6.42 Å². The molecule has 0 radical (unpaired) electrons. The van der Waals surface area contributed by atoms with E-state index in [9.17, 15) is 4.79 Å². The van der Waals surface area contributed by atoms with Gasteiger partial charge in [0.25, 0.3) is 0 Å². The predicted octanol–water partition coefficient (Wildman–Crippen LogP) is 2.63. The summed E-state index contributed by atoms with van der Waals surface area (Å²) < 4.78 is 18.4. The monoisotopic (exact) mass is 300 g/mol. The van der Waals surface area contributed by atoms with E-state index in [2.05, 4.69) is 6.92 Å². The van der Waals surface area contributed by atoms with Gasteiger partial charge in [-0.1, -0.05) is 17.7 Å². The molecule has 1 saturated carbocycles. The Balaban J connectivity index is 1.46. The summed E-state index contributed by atoms with van der Waals surface area (Å²) in [6.45, 7) is 2.06. The van der Waals surface area contributed by atoms with Crippen LogP contribution in [-0.4, -0.2) is 29.9 Å². The molecule has 0 amide bonds. The molecule has 0 N–H and O–H groups in total. The fraction of sp³-hybridized carbons (Fsp3) is 0.611. The zero-order chi connectivity index (χ0) is 14.9. The van der Waals surface area contributed by atoms with Crippen molar-refractivity contribution < 1.29 is 19.0 Å². The first-order chi connectivity index (χ1) is 10.7. The predicted molar refractivity (Wildman–Crippen MR) is 78.5 cm³/mol. The van der Waals surface area contributed by atoms with E-state index in [1.165, 1.54) is 5.56 Å². The Kier molecular flexibility index (Phi) is 2.57. The van der Waals surface area contributed by atoms with Gasteiger partial charge in [0.1, 0.15) is 11.4 Å². The lowest BCUT2D eigenvalue weighted by Gasteiger charge is -2.36. The standard InChI is InChI=1S/C18H20O4/c1-10-4-6-11(7-5-10)20-17-15-12-3-2-8-18(12)14(19)9-13(21-17)16(15)22-18/h4-7,12-13,15-17H,2-3,8-9H2,1H3/t12-,13+,15-,16-,17-,18-/m0/s1. The van der Waals surface area contributed by atoms with Gasteiger partial charge in [0.05, 0.1) is 18.1 Å². The number of carbonyl (C=O) groups is 1. The minimum absolute atomic E-state index is 0.0402. The zero-order valence-corrected chi connectivity index (χ0v) is 12.7. The summed E-state index contributed by atoms with van der Waals surface area (Å²) in [7, 11) is 0.